The molecule has 26 heavy (non-hydrogen) atoms. The molecule has 13 nitrogen and oxygen atoms in total. The van der Waals surface area contributed by atoms with Crippen LogP contribution in [0.5, 0.6) is 0 Å². The molecular weight excluding hydrogens is 418 g/mol. The van der Waals surface area contributed by atoms with Gasteiger partial charge in [-0.15, -0.1) is 0 Å². The summed E-state index contributed by atoms with van der Waals surface area (Å²) in [5, 5.41) is 0. The van der Waals surface area contributed by atoms with Crippen LogP contribution in [0.4, 0.5) is 0 Å². The average Bonchev–Trinajstić information content (AvgIpc) is 2.71. The number of hydrogen-bond acceptors (Lipinski definition) is 8. The minimum Gasteiger partial charge on any atom is -0.380 e. The molecule has 1 saturated heterocycles. The highest BCUT2D eigenvalue weighted by Gasteiger charge is 2.44. The molecule has 17 heteroatoms. The molecule has 1 heterocycles. The maximum Gasteiger partial charge on any atom is 0.490 e. The third-order valence-corrected chi connectivity index (χ3v) is 6.56. The molecule has 0 aromatic rings. The second kappa shape index (κ2) is 8.49. The Labute approximate surface area is 150 Å². The van der Waals surface area contributed by atoms with Gasteiger partial charge >= 0.3 is 29.2 Å². The zero-order valence-corrected chi connectivity index (χ0v) is 16.3. The Bertz CT molecular complexity index is 688. The Morgan fingerprint density at radius 1 is 1.19 bits per heavy atom. The molecule has 0 amide bonds. The molecule has 2 radical (unpaired) electrons. The monoisotopic (exact) mass is 435 g/mol. The van der Waals surface area contributed by atoms with Crippen molar-refractivity contribution in [2.24, 2.45) is 0 Å². The van der Waals surface area contributed by atoms with Crippen LogP contribution in [0.2, 0.25) is 0 Å². The maximum atomic E-state index is 11.7. The van der Waals surface area contributed by atoms with Crippen molar-refractivity contribution in [2.45, 2.75) is 44.2 Å². The van der Waals surface area contributed by atoms with Gasteiger partial charge in [0.1, 0.15) is 14.0 Å². The summed E-state index contributed by atoms with van der Waals surface area (Å²) in [7, 11) is -10.8. The number of rotatable bonds is 9. The van der Waals surface area contributed by atoms with E-state index < -0.39 is 54.0 Å². The van der Waals surface area contributed by atoms with Crippen LogP contribution < -0.4 is 0 Å². The fourth-order valence-corrected chi connectivity index (χ4v) is 4.92. The van der Waals surface area contributed by atoms with E-state index in [0.29, 0.717) is 0 Å². The van der Waals surface area contributed by atoms with Crippen LogP contribution in [-0.4, -0.2) is 58.0 Å². The van der Waals surface area contributed by atoms with Gasteiger partial charge in [-0.25, -0.2) is 20.3 Å². The van der Waals surface area contributed by atoms with Gasteiger partial charge in [0.2, 0.25) is 0 Å². The van der Waals surface area contributed by atoms with Gasteiger partial charge in [-0.3, -0.25) is 9.37 Å². The number of nitrogens with zero attached hydrogens (tertiary/aromatic N) is 1. The fraction of sp³-hybridized carbons (Fsp3) is 0.889. The lowest BCUT2D eigenvalue weighted by atomic mass is 9.96. The van der Waals surface area contributed by atoms with E-state index >= 15 is 0 Å². The second-order valence-corrected chi connectivity index (χ2v) is 9.97. The predicted molar refractivity (Wildman–Crippen MR) is 84.4 cm³/mol. The molecule has 1 aliphatic heterocycles. The summed E-state index contributed by atoms with van der Waals surface area (Å²) in [6, 6.07) is -0.809. The SMILES string of the molecule is [B][C@H]1C[C@@H](OC(C)(C)[N+]#[C-])[C@@H](COP(=O)(O)OP(=O)(O)OP(=O)(O)O)O1. The first-order valence-electron chi connectivity index (χ1n) is 6.80. The van der Waals surface area contributed by atoms with Crippen LogP contribution >= 0.6 is 23.5 Å². The fourth-order valence-electron chi connectivity index (χ4n) is 1.89. The molecule has 1 fully saturated rings. The second-order valence-electron chi connectivity index (χ2n) is 5.55. The van der Waals surface area contributed by atoms with Gasteiger partial charge in [0.25, 0.3) is 0 Å². The van der Waals surface area contributed by atoms with Gasteiger partial charge in [-0.05, 0) is 6.42 Å². The van der Waals surface area contributed by atoms with Crippen molar-refractivity contribution in [1.82, 2.24) is 0 Å². The summed E-state index contributed by atoms with van der Waals surface area (Å²) in [5.41, 5.74) is -1.23. The minimum atomic E-state index is -5.60. The maximum absolute atomic E-state index is 11.7. The molecule has 0 bridgehead atoms. The quantitative estimate of drug-likeness (QED) is 0.226. The topological polar surface area (TPSA) is 183 Å². The van der Waals surface area contributed by atoms with E-state index in [1.54, 1.807) is 0 Å². The molecule has 2 unspecified atom stereocenters. The van der Waals surface area contributed by atoms with Gasteiger partial charge in [-0.1, -0.05) is 0 Å². The molecule has 0 spiro atoms. The van der Waals surface area contributed by atoms with Crippen molar-refractivity contribution in [3.63, 3.8) is 0 Å². The Kier molecular flexibility index (Phi) is 7.81. The molecule has 0 aromatic carbocycles. The molecule has 5 atom stereocenters. The molecule has 0 saturated carbocycles. The highest BCUT2D eigenvalue weighted by molar-refractivity contribution is 7.66. The zero-order valence-electron chi connectivity index (χ0n) is 13.6. The standard InChI is InChI=1S/C9H17BNO12P3/c1-9(2,11-3)21-6-4-8(10)20-7(6)5-19-25(15,16)23-26(17,18)22-24(12,13)14/h6-8H,4-5H2,1-2H3,(H,15,16)(H,17,18)(H2,12,13,14)/t6-,7-,8-/m1/s1. The highest BCUT2D eigenvalue weighted by Crippen LogP contribution is 2.66. The molecule has 0 aromatic heterocycles. The van der Waals surface area contributed by atoms with Crippen LogP contribution in [-0.2, 0) is 36.3 Å². The first-order chi connectivity index (χ1) is 11.5. The summed E-state index contributed by atoms with van der Waals surface area (Å²) in [4.78, 5) is 38.6. The Morgan fingerprint density at radius 3 is 2.27 bits per heavy atom. The summed E-state index contributed by atoms with van der Waals surface area (Å²) in [6.07, 6.45) is -1.67. The predicted octanol–water partition coefficient (Wildman–Crippen LogP) is 0.654. The van der Waals surface area contributed by atoms with Crippen LogP contribution in [0.1, 0.15) is 20.3 Å². The van der Waals surface area contributed by atoms with E-state index in [2.05, 4.69) is 18.0 Å². The third kappa shape index (κ3) is 8.72. The van der Waals surface area contributed by atoms with Gasteiger partial charge in [0.05, 0.1) is 12.7 Å². The van der Waals surface area contributed by atoms with Crippen LogP contribution in [0.25, 0.3) is 4.85 Å². The number of phosphoric ester groups is 1. The molecule has 1 rings (SSSR count). The molecule has 148 valence electrons. The number of ether oxygens (including phenoxy) is 2. The van der Waals surface area contributed by atoms with Gasteiger partial charge in [0.15, 0.2) is 0 Å². The lowest BCUT2D eigenvalue weighted by Gasteiger charge is -2.23. The van der Waals surface area contributed by atoms with Crippen LogP contribution in [0.3, 0.4) is 0 Å². The molecular formula is C9H17BNO12P3. The van der Waals surface area contributed by atoms with Crippen molar-refractivity contribution in [2.75, 3.05) is 6.61 Å². The van der Waals surface area contributed by atoms with Crippen LogP contribution in [0, 0.1) is 6.57 Å². The average molecular weight is 435 g/mol. The lowest BCUT2D eigenvalue weighted by Crippen LogP contribution is -2.35. The van der Waals surface area contributed by atoms with Crippen LogP contribution in [0.15, 0.2) is 0 Å². The third-order valence-electron chi connectivity index (χ3n) is 2.76. The molecule has 0 aliphatic carbocycles. The Balaban J connectivity index is 2.70. The van der Waals surface area contributed by atoms with E-state index in [1.165, 1.54) is 13.8 Å². The van der Waals surface area contributed by atoms with Crippen molar-refractivity contribution in [3.05, 3.63) is 11.4 Å². The zero-order chi connectivity index (χ0) is 20.4. The van der Waals surface area contributed by atoms with E-state index in [-0.39, 0.29) is 6.42 Å². The van der Waals surface area contributed by atoms with E-state index in [4.69, 9.17) is 38.6 Å². The first kappa shape index (κ1) is 23.9. The Hall–Kier alpha value is -0.115. The minimum absolute atomic E-state index is 0.142. The van der Waals surface area contributed by atoms with Crippen molar-refractivity contribution >= 4 is 31.3 Å². The van der Waals surface area contributed by atoms with Crippen molar-refractivity contribution in [3.8, 4) is 0 Å². The van der Waals surface area contributed by atoms with Crippen molar-refractivity contribution < 1.29 is 55.9 Å². The molecule has 1 aliphatic rings. The summed E-state index contributed by atoms with van der Waals surface area (Å²) in [5.74, 6) is 0. The van der Waals surface area contributed by atoms with E-state index in [9.17, 15) is 18.6 Å². The number of phosphoric acid groups is 3. The van der Waals surface area contributed by atoms with Gasteiger partial charge in [-0.2, -0.15) is 8.62 Å². The largest absolute Gasteiger partial charge is 0.490 e. The summed E-state index contributed by atoms with van der Waals surface area (Å²) >= 11 is 0. The van der Waals surface area contributed by atoms with Gasteiger partial charge in [0, 0.05) is 19.9 Å². The molecule has 4 N–H and O–H groups in total. The Morgan fingerprint density at radius 2 is 1.77 bits per heavy atom. The normalized spacial score (nSPS) is 28.9. The smallest absolute Gasteiger partial charge is 0.380 e. The van der Waals surface area contributed by atoms with E-state index in [0.717, 1.165) is 0 Å². The first-order valence-corrected chi connectivity index (χ1v) is 11.3. The highest BCUT2D eigenvalue weighted by atomic mass is 31.3. The summed E-state index contributed by atoms with van der Waals surface area (Å²) < 4.78 is 55.8. The summed E-state index contributed by atoms with van der Waals surface area (Å²) in [6.45, 7) is 9.27. The van der Waals surface area contributed by atoms with Gasteiger partial charge < -0.3 is 29.0 Å². The van der Waals surface area contributed by atoms with E-state index in [1.807, 2.05) is 0 Å². The van der Waals surface area contributed by atoms with Crippen molar-refractivity contribution in [1.29, 1.82) is 0 Å². The lowest BCUT2D eigenvalue weighted by molar-refractivity contribution is -0.0867. The number of hydrogen-bond donors (Lipinski definition) is 4.